The molecule has 0 amide bonds. The molecule has 0 aliphatic carbocycles. The lowest BCUT2D eigenvalue weighted by atomic mass is 10.1. The van der Waals surface area contributed by atoms with Crippen molar-refractivity contribution in [2.75, 3.05) is 0 Å². The van der Waals surface area contributed by atoms with E-state index in [1.54, 1.807) is 77.9 Å². The fraction of sp³-hybridized carbons (Fsp3) is 0.444. The zero-order valence-corrected chi connectivity index (χ0v) is 22.0. The van der Waals surface area contributed by atoms with Crippen molar-refractivity contribution in [3.63, 3.8) is 0 Å². The molecule has 0 aromatic heterocycles. The molecule has 0 unspecified atom stereocenters. The van der Waals surface area contributed by atoms with E-state index in [0.29, 0.717) is 5.56 Å². The van der Waals surface area contributed by atoms with Gasteiger partial charge >= 0.3 is 17.9 Å². The summed E-state index contributed by atoms with van der Waals surface area (Å²) in [5, 5.41) is 0. The van der Waals surface area contributed by atoms with Crippen LogP contribution in [0.3, 0.4) is 0 Å². The molecule has 0 N–H and O–H groups in total. The standard InChI is InChI=1S/C16H22O5.C11H14O3/c1-15(2,3)19-13(17)11-9-7-8-10-12(11)14(18)20-21-16(4,5)6;1-11(2,3)14-13-10(12)9-7-5-4-6-8-9/h7-10H,1-6H3;4-8H,1-3H3. The monoisotopic (exact) mass is 488 g/mol. The summed E-state index contributed by atoms with van der Waals surface area (Å²) in [6.07, 6.45) is 0. The molecule has 0 bridgehead atoms. The number of rotatable bonds is 5. The van der Waals surface area contributed by atoms with E-state index < -0.39 is 34.7 Å². The van der Waals surface area contributed by atoms with Gasteiger partial charge in [0.25, 0.3) is 0 Å². The predicted octanol–water partition coefficient (Wildman–Crippen LogP) is 6.10. The molecule has 0 fully saturated rings. The fourth-order valence-electron chi connectivity index (χ4n) is 2.17. The van der Waals surface area contributed by atoms with Gasteiger partial charge in [-0.1, -0.05) is 30.3 Å². The molecule has 2 aromatic carbocycles. The van der Waals surface area contributed by atoms with Crippen molar-refractivity contribution >= 4 is 17.9 Å². The van der Waals surface area contributed by atoms with Gasteiger partial charge < -0.3 is 4.74 Å². The largest absolute Gasteiger partial charge is 0.456 e. The zero-order chi connectivity index (χ0) is 26.9. The summed E-state index contributed by atoms with van der Waals surface area (Å²) >= 11 is 0. The van der Waals surface area contributed by atoms with Crippen LogP contribution in [-0.2, 0) is 24.3 Å². The van der Waals surface area contributed by atoms with E-state index in [1.807, 2.05) is 26.8 Å². The van der Waals surface area contributed by atoms with E-state index in [4.69, 9.17) is 19.4 Å². The van der Waals surface area contributed by atoms with Gasteiger partial charge in [-0.05, 0) is 86.6 Å². The Morgan fingerprint density at radius 3 is 1.34 bits per heavy atom. The maximum absolute atomic E-state index is 12.1. The molecule has 0 aliphatic heterocycles. The summed E-state index contributed by atoms with van der Waals surface area (Å²) in [5.74, 6) is -1.78. The van der Waals surface area contributed by atoms with Crippen LogP contribution in [0.15, 0.2) is 54.6 Å². The van der Waals surface area contributed by atoms with Crippen molar-refractivity contribution in [3.8, 4) is 0 Å². The molecule has 2 rings (SSSR count). The van der Waals surface area contributed by atoms with Gasteiger partial charge in [0.1, 0.15) is 16.8 Å². The van der Waals surface area contributed by atoms with Crippen molar-refractivity contribution in [1.29, 1.82) is 0 Å². The third-order valence-electron chi connectivity index (χ3n) is 3.51. The van der Waals surface area contributed by atoms with E-state index in [2.05, 4.69) is 4.89 Å². The molecule has 0 saturated heterocycles. The molecule has 192 valence electrons. The molecular weight excluding hydrogens is 452 g/mol. The van der Waals surface area contributed by atoms with Crippen LogP contribution < -0.4 is 0 Å². The second-order valence-corrected chi connectivity index (χ2v) is 10.5. The van der Waals surface area contributed by atoms with Crippen LogP contribution >= 0.6 is 0 Å². The molecule has 8 nitrogen and oxygen atoms in total. The lowest BCUT2D eigenvalue weighted by Crippen LogP contribution is -2.26. The molecule has 2 aromatic rings. The fourth-order valence-corrected chi connectivity index (χ4v) is 2.17. The first-order chi connectivity index (χ1) is 16.0. The van der Waals surface area contributed by atoms with Crippen LogP contribution in [0, 0.1) is 0 Å². The van der Waals surface area contributed by atoms with Gasteiger partial charge in [-0.2, -0.15) is 9.78 Å². The summed E-state index contributed by atoms with van der Waals surface area (Å²) in [6.45, 7) is 16.0. The highest BCUT2D eigenvalue weighted by Crippen LogP contribution is 2.18. The number of hydrogen-bond acceptors (Lipinski definition) is 8. The van der Waals surface area contributed by atoms with Crippen molar-refractivity contribution < 1.29 is 38.7 Å². The average molecular weight is 489 g/mol. The third-order valence-corrected chi connectivity index (χ3v) is 3.51. The maximum atomic E-state index is 12.1. The van der Waals surface area contributed by atoms with Gasteiger partial charge in [0.15, 0.2) is 0 Å². The smallest absolute Gasteiger partial charge is 0.373 e. The number of benzene rings is 2. The van der Waals surface area contributed by atoms with Gasteiger partial charge in [0.05, 0.1) is 16.7 Å². The molecule has 0 radical (unpaired) electrons. The lowest BCUT2D eigenvalue weighted by molar-refractivity contribution is -0.301. The van der Waals surface area contributed by atoms with E-state index in [0.717, 1.165) is 0 Å². The highest BCUT2D eigenvalue weighted by atomic mass is 17.2. The number of esters is 1. The predicted molar refractivity (Wildman–Crippen MR) is 131 cm³/mol. The lowest BCUT2D eigenvalue weighted by Gasteiger charge is -2.20. The van der Waals surface area contributed by atoms with Crippen LogP contribution in [0.4, 0.5) is 0 Å². The van der Waals surface area contributed by atoms with Crippen molar-refractivity contribution in [2.45, 2.75) is 79.1 Å². The number of carbonyl (C=O) groups excluding carboxylic acids is 3. The van der Waals surface area contributed by atoms with Crippen LogP contribution in [0.2, 0.25) is 0 Å². The Morgan fingerprint density at radius 2 is 0.914 bits per heavy atom. The summed E-state index contributed by atoms with van der Waals surface area (Å²) in [6, 6.07) is 15.0. The summed E-state index contributed by atoms with van der Waals surface area (Å²) in [5.41, 5.74) is -1.01. The van der Waals surface area contributed by atoms with Gasteiger partial charge in [-0.15, -0.1) is 0 Å². The first kappa shape index (κ1) is 29.8. The normalized spacial score (nSPS) is 11.6. The Balaban J connectivity index is 0.000000379. The van der Waals surface area contributed by atoms with Gasteiger partial charge in [0.2, 0.25) is 0 Å². The highest BCUT2D eigenvalue weighted by molar-refractivity contribution is 6.03. The van der Waals surface area contributed by atoms with Gasteiger partial charge in [-0.25, -0.2) is 14.4 Å². The quantitative estimate of drug-likeness (QED) is 0.283. The molecule has 0 spiro atoms. The van der Waals surface area contributed by atoms with Crippen LogP contribution in [0.5, 0.6) is 0 Å². The topological polar surface area (TPSA) is 97.4 Å². The third kappa shape index (κ3) is 12.7. The minimum absolute atomic E-state index is 0.107. The van der Waals surface area contributed by atoms with Crippen LogP contribution in [-0.4, -0.2) is 34.7 Å². The number of ether oxygens (including phenoxy) is 1. The maximum Gasteiger partial charge on any atom is 0.373 e. The number of hydrogen-bond donors (Lipinski definition) is 0. The van der Waals surface area contributed by atoms with Crippen LogP contribution in [0.1, 0.15) is 93.4 Å². The van der Waals surface area contributed by atoms with Crippen LogP contribution in [0.25, 0.3) is 0 Å². The highest BCUT2D eigenvalue weighted by Gasteiger charge is 2.25. The van der Waals surface area contributed by atoms with Gasteiger partial charge in [0, 0.05) is 0 Å². The summed E-state index contributed by atoms with van der Waals surface area (Å²) < 4.78 is 5.27. The average Bonchev–Trinajstić information content (AvgIpc) is 2.74. The molecule has 0 heterocycles. The molecule has 0 aliphatic rings. The van der Waals surface area contributed by atoms with Crippen molar-refractivity contribution in [2.24, 2.45) is 0 Å². The second kappa shape index (κ2) is 12.5. The Hall–Kier alpha value is -3.23. The Bertz CT molecular complexity index is 977. The molecule has 8 heteroatoms. The van der Waals surface area contributed by atoms with Crippen molar-refractivity contribution in [3.05, 3.63) is 71.3 Å². The summed E-state index contributed by atoms with van der Waals surface area (Å²) in [4.78, 5) is 54.8. The first-order valence-corrected chi connectivity index (χ1v) is 11.2. The molecule has 35 heavy (non-hydrogen) atoms. The zero-order valence-electron chi connectivity index (χ0n) is 22.0. The van der Waals surface area contributed by atoms with Crippen molar-refractivity contribution in [1.82, 2.24) is 0 Å². The minimum Gasteiger partial charge on any atom is -0.456 e. The molecule has 0 saturated carbocycles. The second-order valence-electron chi connectivity index (χ2n) is 10.5. The molecular formula is C27H36O8. The summed E-state index contributed by atoms with van der Waals surface area (Å²) in [7, 11) is 0. The van der Waals surface area contributed by atoms with E-state index >= 15 is 0 Å². The van der Waals surface area contributed by atoms with E-state index in [9.17, 15) is 14.4 Å². The number of carbonyl (C=O) groups is 3. The Labute approximate surface area is 207 Å². The first-order valence-electron chi connectivity index (χ1n) is 11.2. The minimum atomic E-state index is -0.730. The van der Waals surface area contributed by atoms with E-state index in [1.165, 1.54) is 12.1 Å². The Morgan fingerprint density at radius 1 is 0.514 bits per heavy atom. The molecule has 0 atom stereocenters. The van der Waals surface area contributed by atoms with Gasteiger partial charge in [-0.3, -0.25) is 9.78 Å². The Kier molecular flexibility index (Phi) is 10.6. The SMILES string of the molecule is CC(C)(C)OOC(=O)c1ccccc1.CC(C)(C)OOC(=O)c1ccccc1C(=O)OC(C)(C)C. The van der Waals surface area contributed by atoms with E-state index in [-0.39, 0.29) is 11.1 Å².